The molecule has 2 atom stereocenters. The molecule has 2 unspecified atom stereocenters. The summed E-state index contributed by atoms with van der Waals surface area (Å²) < 4.78 is 5.30. The number of aromatic hydroxyl groups is 1. The number of likely N-dealkylation sites (tertiary alicyclic amines) is 1. The average molecular weight is 602 g/mol. The zero-order valence-corrected chi connectivity index (χ0v) is 26.4. The van der Waals surface area contributed by atoms with E-state index in [1.807, 2.05) is 82.8 Å². The third kappa shape index (κ3) is 7.50. The highest BCUT2D eigenvalue weighted by molar-refractivity contribution is 8.93. The Bertz CT molecular complexity index is 1170. The molecule has 2 N–H and O–H groups in total. The van der Waals surface area contributed by atoms with Gasteiger partial charge >= 0.3 is 5.97 Å². The summed E-state index contributed by atoms with van der Waals surface area (Å²) in [6.07, 6.45) is 1.91. The van der Waals surface area contributed by atoms with Crippen molar-refractivity contribution in [3.8, 4) is 5.75 Å². The predicted molar refractivity (Wildman–Crippen MR) is 163 cm³/mol. The number of benzene rings is 2. The van der Waals surface area contributed by atoms with Crippen LogP contribution in [-0.2, 0) is 27.0 Å². The topological polar surface area (TPSA) is 90.7 Å². The summed E-state index contributed by atoms with van der Waals surface area (Å²) >= 11 is 0. The van der Waals surface area contributed by atoms with E-state index in [2.05, 4.69) is 6.92 Å². The molecule has 0 saturated carbocycles. The molecule has 0 radical (unpaired) electrons. The first-order valence-electron chi connectivity index (χ1n) is 13.6. The number of esters is 1. The van der Waals surface area contributed by atoms with E-state index < -0.39 is 0 Å². The molecule has 2 aromatic rings. The molecular formula is C32H45BrN2O4. The highest BCUT2D eigenvalue weighted by atomic mass is 79.9. The van der Waals surface area contributed by atoms with Crippen LogP contribution in [0.25, 0.3) is 0 Å². The van der Waals surface area contributed by atoms with Crippen molar-refractivity contribution in [2.45, 2.75) is 91.6 Å². The Morgan fingerprint density at radius 2 is 1.62 bits per heavy atom. The second kappa shape index (κ2) is 12.7. The van der Waals surface area contributed by atoms with Crippen LogP contribution in [0.5, 0.6) is 5.75 Å². The molecule has 6 nitrogen and oxygen atoms in total. The Balaban J connectivity index is 0.00000533. The lowest BCUT2D eigenvalue weighted by molar-refractivity contribution is -0.142. The van der Waals surface area contributed by atoms with Gasteiger partial charge in [0.2, 0.25) is 0 Å². The number of phenolic OH excluding ortho intramolecular Hbond substituents is 1. The van der Waals surface area contributed by atoms with E-state index in [4.69, 9.17) is 10.1 Å². The highest BCUT2D eigenvalue weighted by Gasteiger charge is 2.40. The number of Topliss-reactive ketones (excluding diaryl/α,β-unsaturated/α-hetero) is 1. The molecule has 1 aliphatic rings. The molecule has 39 heavy (non-hydrogen) atoms. The number of hydrogen-bond acceptors (Lipinski definition) is 5. The number of carbonyl (C=O) groups is 2. The Morgan fingerprint density at radius 3 is 2.13 bits per heavy atom. The second-order valence-corrected chi connectivity index (χ2v) is 12.6. The van der Waals surface area contributed by atoms with Crippen LogP contribution in [0.3, 0.4) is 0 Å². The van der Waals surface area contributed by atoms with Crippen molar-refractivity contribution in [3.63, 3.8) is 0 Å². The number of amidine groups is 1. The molecule has 0 aliphatic carbocycles. The zero-order chi connectivity index (χ0) is 28.4. The molecule has 1 saturated heterocycles. The number of phenols is 1. The van der Waals surface area contributed by atoms with Crippen molar-refractivity contribution in [1.82, 2.24) is 4.90 Å². The zero-order valence-electron chi connectivity index (χ0n) is 24.7. The molecule has 0 bridgehead atoms. The van der Waals surface area contributed by atoms with E-state index >= 15 is 0 Å². The minimum absolute atomic E-state index is 0. The summed E-state index contributed by atoms with van der Waals surface area (Å²) in [6, 6.07) is 11.5. The summed E-state index contributed by atoms with van der Waals surface area (Å²) in [5.74, 6) is 0.311. The summed E-state index contributed by atoms with van der Waals surface area (Å²) in [7, 11) is 0. The van der Waals surface area contributed by atoms with E-state index in [9.17, 15) is 14.7 Å². The number of nitrogens with one attached hydrogen (secondary N) is 1. The van der Waals surface area contributed by atoms with Gasteiger partial charge in [-0.25, -0.2) is 0 Å². The molecule has 1 aliphatic heterocycles. The molecule has 214 valence electrons. The highest BCUT2D eigenvalue weighted by Crippen LogP contribution is 2.41. The second-order valence-electron chi connectivity index (χ2n) is 12.6. The van der Waals surface area contributed by atoms with E-state index in [0.29, 0.717) is 17.9 Å². The maximum Gasteiger partial charge on any atom is 0.302 e. The third-order valence-corrected chi connectivity index (χ3v) is 7.42. The van der Waals surface area contributed by atoms with Crippen molar-refractivity contribution in [2.75, 3.05) is 13.1 Å². The molecule has 2 aromatic carbocycles. The van der Waals surface area contributed by atoms with Crippen LogP contribution < -0.4 is 0 Å². The molecule has 7 heteroatoms. The maximum absolute atomic E-state index is 13.7. The molecule has 0 spiro atoms. The quantitative estimate of drug-likeness (QED) is 0.245. The summed E-state index contributed by atoms with van der Waals surface area (Å²) in [5, 5.41) is 20.2. The Labute approximate surface area is 244 Å². The van der Waals surface area contributed by atoms with Gasteiger partial charge in [-0.05, 0) is 46.4 Å². The SMILES string of the molecule is Br.CCCC1CN(CC(=O)c2cc(C(C)(C)C)c(O)c(C(C)(C)C)c2)C(=N)C1c1ccccc1COC(C)=O. The molecule has 3 rings (SSSR count). The molecule has 0 amide bonds. The van der Waals surface area contributed by atoms with E-state index in [0.717, 1.165) is 35.1 Å². The van der Waals surface area contributed by atoms with E-state index in [1.165, 1.54) is 6.92 Å². The van der Waals surface area contributed by atoms with Crippen molar-refractivity contribution in [1.29, 1.82) is 5.41 Å². The largest absolute Gasteiger partial charge is 0.507 e. The third-order valence-electron chi connectivity index (χ3n) is 7.42. The van der Waals surface area contributed by atoms with Crippen LogP contribution in [0.4, 0.5) is 0 Å². The Hall–Kier alpha value is -2.67. The van der Waals surface area contributed by atoms with Crippen LogP contribution in [0.15, 0.2) is 36.4 Å². The lowest BCUT2D eigenvalue weighted by Crippen LogP contribution is -2.32. The van der Waals surface area contributed by atoms with Gasteiger partial charge in [0.25, 0.3) is 0 Å². The first kappa shape index (κ1) is 32.5. The minimum Gasteiger partial charge on any atom is -0.507 e. The Morgan fingerprint density at radius 1 is 1.05 bits per heavy atom. The average Bonchev–Trinajstić information content (AvgIpc) is 3.11. The lowest BCUT2D eigenvalue weighted by Gasteiger charge is -2.28. The Kier molecular flexibility index (Phi) is 10.6. The fraction of sp³-hybridized carbons (Fsp3) is 0.531. The monoisotopic (exact) mass is 600 g/mol. The van der Waals surface area contributed by atoms with Gasteiger partial charge in [0.05, 0.1) is 6.54 Å². The molecular weight excluding hydrogens is 556 g/mol. The van der Waals surface area contributed by atoms with Crippen LogP contribution >= 0.6 is 17.0 Å². The van der Waals surface area contributed by atoms with Gasteiger partial charge in [0, 0.05) is 36.1 Å². The van der Waals surface area contributed by atoms with Crippen molar-refractivity contribution in [2.24, 2.45) is 5.92 Å². The fourth-order valence-corrected chi connectivity index (χ4v) is 5.44. The van der Waals surface area contributed by atoms with Crippen LogP contribution in [0.1, 0.15) is 107 Å². The normalized spacial score (nSPS) is 17.6. The number of halogens is 1. The number of rotatable bonds is 8. The maximum atomic E-state index is 13.7. The summed E-state index contributed by atoms with van der Waals surface area (Å²) in [6.45, 7) is 16.6. The van der Waals surface area contributed by atoms with Gasteiger partial charge < -0.3 is 14.7 Å². The van der Waals surface area contributed by atoms with Crippen LogP contribution in [0.2, 0.25) is 0 Å². The molecule has 1 heterocycles. The summed E-state index contributed by atoms with van der Waals surface area (Å²) in [4.78, 5) is 27.0. The minimum atomic E-state index is -0.336. The first-order chi connectivity index (χ1) is 17.6. The van der Waals surface area contributed by atoms with Gasteiger partial charge in [-0.1, -0.05) is 79.2 Å². The van der Waals surface area contributed by atoms with Gasteiger partial charge in [-0.3, -0.25) is 15.0 Å². The smallest absolute Gasteiger partial charge is 0.302 e. The van der Waals surface area contributed by atoms with Crippen molar-refractivity contribution in [3.05, 3.63) is 64.2 Å². The predicted octanol–water partition coefficient (Wildman–Crippen LogP) is 7.30. The van der Waals surface area contributed by atoms with E-state index in [-0.39, 0.29) is 70.3 Å². The van der Waals surface area contributed by atoms with Crippen LogP contribution in [0, 0.1) is 11.3 Å². The van der Waals surface area contributed by atoms with Crippen molar-refractivity contribution >= 4 is 34.6 Å². The van der Waals surface area contributed by atoms with Gasteiger partial charge in [-0.2, -0.15) is 0 Å². The van der Waals surface area contributed by atoms with Crippen LogP contribution in [-0.4, -0.2) is 40.7 Å². The van der Waals surface area contributed by atoms with Crippen molar-refractivity contribution < 1.29 is 19.4 Å². The standard InChI is InChI=1S/C32H44N2O4.BrH/c1-9-12-21-17-34(30(33)28(21)24-14-11-10-13-22(24)19-38-20(2)35)18-27(36)23-15-25(31(3,4)5)29(37)26(16-23)32(6,7)8;/h10-11,13-16,21,28,33,37H,9,12,17-19H2,1-8H3;1H. The fourth-order valence-electron chi connectivity index (χ4n) is 5.44. The number of hydrogen-bond donors (Lipinski definition) is 2. The van der Waals surface area contributed by atoms with Gasteiger partial charge in [0.15, 0.2) is 5.78 Å². The number of carbonyl (C=O) groups excluding carboxylic acids is 2. The van der Waals surface area contributed by atoms with E-state index in [1.54, 1.807) is 0 Å². The number of nitrogens with zero attached hydrogens (tertiary/aromatic N) is 1. The molecule has 0 aromatic heterocycles. The van der Waals surface area contributed by atoms with Gasteiger partial charge in [0.1, 0.15) is 18.2 Å². The van der Waals surface area contributed by atoms with Gasteiger partial charge in [-0.15, -0.1) is 17.0 Å². The molecule has 1 fully saturated rings. The number of ketones is 1. The first-order valence-corrected chi connectivity index (χ1v) is 13.6. The summed E-state index contributed by atoms with van der Waals surface area (Å²) in [5.41, 5.74) is 3.30. The number of ether oxygens (including phenoxy) is 1. The lowest BCUT2D eigenvalue weighted by atomic mass is 9.78.